The molecule has 2 aromatic rings. The zero-order chi connectivity index (χ0) is 14.4. The van der Waals surface area contributed by atoms with Gasteiger partial charge in [0.15, 0.2) is 0 Å². The number of hydrogen-bond acceptors (Lipinski definition) is 6. The molecule has 20 heavy (non-hydrogen) atoms. The van der Waals surface area contributed by atoms with Crippen molar-refractivity contribution < 1.29 is 9.21 Å². The van der Waals surface area contributed by atoms with Gasteiger partial charge in [-0.1, -0.05) is 18.7 Å². The van der Waals surface area contributed by atoms with Gasteiger partial charge < -0.3 is 9.73 Å². The third-order valence-corrected chi connectivity index (χ3v) is 3.66. The molecule has 108 valence electrons. The lowest BCUT2D eigenvalue weighted by Crippen LogP contribution is -2.31. The van der Waals surface area contributed by atoms with Crippen LogP contribution in [-0.4, -0.2) is 37.9 Å². The molecule has 1 N–H and O–H groups in total. The summed E-state index contributed by atoms with van der Waals surface area (Å²) >= 11 is 1.33. The molecule has 0 bridgehead atoms. The second-order valence-corrected chi connectivity index (χ2v) is 5.56. The summed E-state index contributed by atoms with van der Waals surface area (Å²) in [7, 11) is 0. The standard InChI is InChI=1S/C12H17N5O2S/c1-3-6-13-11(18)9(2)20-12-14-15-16-17(12)8-10-5-4-7-19-10/h4-5,7,9H,3,6,8H2,1-2H3,(H,13,18). The summed E-state index contributed by atoms with van der Waals surface area (Å²) in [6.07, 6.45) is 2.52. The number of carbonyl (C=O) groups excluding carboxylic acids is 1. The Bertz CT molecular complexity index is 540. The molecule has 8 heteroatoms. The predicted octanol–water partition coefficient (Wildman–Crippen LogP) is 1.32. The van der Waals surface area contributed by atoms with Crippen molar-refractivity contribution >= 4 is 17.7 Å². The van der Waals surface area contributed by atoms with Crippen LogP contribution in [0.5, 0.6) is 0 Å². The Hall–Kier alpha value is -1.83. The molecule has 2 heterocycles. The summed E-state index contributed by atoms with van der Waals surface area (Å²) in [6, 6.07) is 3.67. The van der Waals surface area contributed by atoms with Gasteiger partial charge in [0.05, 0.1) is 11.5 Å². The summed E-state index contributed by atoms with van der Waals surface area (Å²) < 4.78 is 6.88. The predicted molar refractivity (Wildman–Crippen MR) is 74.2 cm³/mol. The number of rotatable bonds is 7. The third kappa shape index (κ3) is 3.83. The smallest absolute Gasteiger partial charge is 0.233 e. The number of aromatic nitrogens is 4. The minimum absolute atomic E-state index is 0.00982. The Labute approximate surface area is 121 Å². The lowest BCUT2D eigenvalue weighted by molar-refractivity contribution is -0.120. The molecular formula is C12H17N5O2S. The average Bonchev–Trinajstić information content (AvgIpc) is 3.09. The third-order valence-electron chi connectivity index (χ3n) is 2.59. The zero-order valence-electron chi connectivity index (χ0n) is 11.4. The van der Waals surface area contributed by atoms with Gasteiger partial charge in [0.25, 0.3) is 0 Å². The first-order valence-corrected chi connectivity index (χ1v) is 7.31. The molecule has 0 aliphatic carbocycles. The fourth-order valence-corrected chi connectivity index (χ4v) is 2.35. The van der Waals surface area contributed by atoms with E-state index in [1.54, 1.807) is 10.9 Å². The molecule has 0 aliphatic heterocycles. The van der Waals surface area contributed by atoms with Crippen molar-refractivity contribution in [3.63, 3.8) is 0 Å². The van der Waals surface area contributed by atoms with E-state index in [1.807, 2.05) is 26.0 Å². The van der Waals surface area contributed by atoms with E-state index < -0.39 is 0 Å². The highest BCUT2D eigenvalue weighted by Gasteiger charge is 2.18. The van der Waals surface area contributed by atoms with Gasteiger partial charge in [-0.15, -0.1) is 5.10 Å². The molecule has 0 radical (unpaired) electrons. The van der Waals surface area contributed by atoms with Crippen LogP contribution in [0.1, 0.15) is 26.0 Å². The highest BCUT2D eigenvalue weighted by atomic mass is 32.2. The van der Waals surface area contributed by atoms with Gasteiger partial charge in [-0.05, 0) is 35.9 Å². The van der Waals surface area contributed by atoms with Crippen LogP contribution in [0.15, 0.2) is 28.0 Å². The molecule has 1 unspecified atom stereocenters. The SMILES string of the molecule is CCCNC(=O)C(C)Sc1nnnn1Cc1ccco1. The largest absolute Gasteiger partial charge is 0.467 e. The molecule has 1 amide bonds. The Morgan fingerprint density at radius 1 is 1.60 bits per heavy atom. The lowest BCUT2D eigenvalue weighted by atomic mass is 10.4. The number of nitrogens with zero attached hydrogens (tertiary/aromatic N) is 4. The van der Waals surface area contributed by atoms with Crippen molar-refractivity contribution in [2.45, 2.75) is 37.2 Å². The van der Waals surface area contributed by atoms with E-state index in [-0.39, 0.29) is 11.2 Å². The molecule has 1 atom stereocenters. The van der Waals surface area contributed by atoms with Gasteiger partial charge in [0.1, 0.15) is 12.3 Å². The Kier molecular flexibility index (Phi) is 5.16. The molecule has 7 nitrogen and oxygen atoms in total. The molecule has 0 spiro atoms. The van der Waals surface area contributed by atoms with Crippen molar-refractivity contribution in [1.29, 1.82) is 0 Å². The number of thioether (sulfide) groups is 1. The Morgan fingerprint density at radius 3 is 3.15 bits per heavy atom. The number of tetrazole rings is 1. The maximum Gasteiger partial charge on any atom is 0.233 e. The maximum atomic E-state index is 11.8. The van der Waals surface area contributed by atoms with Gasteiger partial charge in [-0.2, -0.15) is 0 Å². The van der Waals surface area contributed by atoms with Gasteiger partial charge >= 0.3 is 0 Å². The first kappa shape index (κ1) is 14.6. The topological polar surface area (TPSA) is 85.8 Å². The fraction of sp³-hybridized carbons (Fsp3) is 0.500. The molecule has 0 aromatic carbocycles. The summed E-state index contributed by atoms with van der Waals surface area (Å²) in [5.41, 5.74) is 0. The van der Waals surface area contributed by atoms with Crippen LogP contribution in [0.4, 0.5) is 0 Å². The Morgan fingerprint density at radius 2 is 2.45 bits per heavy atom. The number of carbonyl (C=O) groups is 1. The first-order chi connectivity index (χ1) is 9.70. The van der Waals surface area contributed by atoms with E-state index in [4.69, 9.17) is 4.42 Å². The van der Waals surface area contributed by atoms with Gasteiger partial charge in [0, 0.05) is 6.54 Å². The molecular weight excluding hydrogens is 278 g/mol. The molecule has 2 rings (SSSR count). The van der Waals surface area contributed by atoms with Crippen molar-refractivity contribution in [1.82, 2.24) is 25.5 Å². The minimum atomic E-state index is -0.247. The van der Waals surface area contributed by atoms with Crippen LogP contribution in [0, 0.1) is 0 Å². The highest BCUT2D eigenvalue weighted by molar-refractivity contribution is 8.00. The first-order valence-electron chi connectivity index (χ1n) is 6.43. The molecule has 0 fully saturated rings. The van der Waals surface area contributed by atoms with Gasteiger partial charge in [0.2, 0.25) is 11.1 Å². The zero-order valence-corrected chi connectivity index (χ0v) is 12.3. The van der Waals surface area contributed by atoms with Crippen LogP contribution < -0.4 is 5.32 Å². The lowest BCUT2D eigenvalue weighted by Gasteiger charge is -2.10. The second kappa shape index (κ2) is 7.09. The van der Waals surface area contributed by atoms with E-state index in [2.05, 4.69) is 20.8 Å². The average molecular weight is 295 g/mol. The normalized spacial score (nSPS) is 12.3. The van der Waals surface area contributed by atoms with Crippen LogP contribution in [0.2, 0.25) is 0 Å². The molecule has 0 saturated carbocycles. The molecule has 2 aromatic heterocycles. The van der Waals surface area contributed by atoms with E-state index in [0.29, 0.717) is 18.2 Å². The van der Waals surface area contributed by atoms with Gasteiger partial charge in [-0.3, -0.25) is 4.79 Å². The quantitative estimate of drug-likeness (QED) is 0.775. The highest BCUT2D eigenvalue weighted by Crippen LogP contribution is 2.20. The summed E-state index contributed by atoms with van der Waals surface area (Å²) in [5.74, 6) is 0.756. The van der Waals surface area contributed by atoms with Crippen LogP contribution in [0.3, 0.4) is 0 Å². The maximum absolute atomic E-state index is 11.8. The second-order valence-electron chi connectivity index (χ2n) is 4.25. The number of amides is 1. The van der Waals surface area contributed by atoms with E-state index in [0.717, 1.165) is 12.2 Å². The van der Waals surface area contributed by atoms with E-state index >= 15 is 0 Å². The fourth-order valence-electron chi connectivity index (χ4n) is 1.53. The van der Waals surface area contributed by atoms with Crippen LogP contribution in [0.25, 0.3) is 0 Å². The Balaban J connectivity index is 1.96. The number of furan rings is 1. The summed E-state index contributed by atoms with van der Waals surface area (Å²) in [5, 5.41) is 14.7. The number of hydrogen-bond donors (Lipinski definition) is 1. The minimum Gasteiger partial charge on any atom is -0.467 e. The monoisotopic (exact) mass is 295 g/mol. The number of nitrogens with one attached hydrogen (secondary N) is 1. The van der Waals surface area contributed by atoms with Crippen LogP contribution >= 0.6 is 11.8 Å². The summed E-state index contributed by atoms with van der Waals surface area (Å²) in [4.78, 5) is 11.8. The molecule has 0 saturated heterocycles. The van der Waals surface area contributed by atoms with E-state index in [9.17, 15) is 4.79 Å². The van der Waals surface area contributed by atoms with Crippen molar-refractivity contribution in [3.05, 3.63) is 24.2 Å². The van der Waals surface area contributed by atoms with Crippen molar-refractivity contribution in [3.8, 4) is 0 Å². The van der Waals surface area contributed by atoms with E-state index in [1.165, 1.54) is 11.8 Å². The van der Waals surface area contributed by atoms with Gasteiger partial charge in [-0.25, -0.2) is 4.68 Å². The van der Waals surface area contributed by atoms with Crippen molar-refractivity contribution in [2.24, 2.45) is 0 Å². The summed E-state index contributed by atoms with van der Waals surface area (Å²) in [6.45, 7) is 4.98. The van der Waals surface area contributed by atoms with Crippen LogP contribution in [-0.2, 0) is 11.3 Å². The van der Waals surface area contributed by atoms with Crippen molar-refractivity contribution in [2.75, 3.05) is 6.54 Å². The molecule has 0 aliphatic rings.